The number of sulfonamides is 1. The molecule has 1 saturated heterocycles. The Morgan fingerprint density at radius 2 is 1.73 bits per heavy atom. The van der Waals surface area contributed by atoms with Gasteiger partial charge in [-0.2, -0.15) is 0 Å². The molecule has 276 valence electrons. The first kappa shape index (κ1) is 36.6. The number of carbonyl (C=O) groups is 4. The first-order chi connectivity index (χ1) is 24.6. The number of nitrogens with zero attached hydrogens (tertiary/aromatic N) is 2. The van der Waals surface area contributed by atoms with Crippen LogP contribution in [0.2, 0.25) is 0 Å². The van der Waals surface area contributed by atoms with Crippen molar-refractivity contribution in [2.75, 3.05) is 13.7 Å². The summed E-state index contributed by atoms with van der Waals surface area (Å²) in [6.45, 7) is 9.00. The van der Waals surface area contributed by atoms with Crippen LogP contribution in [0.15, 0.2) is 73.4 Å². The number of likely N-dealkylation sites (tertiary alicyclic amines) is 1. The summed E-state index contributed by atoms with van der Waals surface area (Å²) in [4.78, 5) is 61.1. The minimum atomic E-state index is -3.90. The zero-order chi connectivity index (χ0) is 37.4. The third-order valence-electron chi connectivity index (χ3n) is 9.66. The van der Waals surface area contributed by atoms with Crippen molar-refractivity contribution in [3.8, 4) is 17.4 Å². The van der Waals surface area contributed by atoms with E-state index in [0.717, 1.165) is 10.8 Å². The van der Waals surface area contributed by atoms with Crippen LogP contribution in [-0.2, 0) is 24.4 Å². The Bertz CT molecular complexity index is 1990. The molecule has 1 aliphatic heterocycles. The number of nitrogens with one attached hydrogen (secondary N) is 3. The molecule has 0 radical (unpaired) electrons. The Hall–Kier alpha value is -5.18. The lowest BCUT2D eigenvalue weighted by Crippen LogP contribution is -2.60. The second kappa shape index (κ2) is 14.1. The third-order valence-corrected chi connectivity index (χ3v) is 11.5. The molecule has 3 aromatic rings. The van der Waals surface area contributed by atoms with Gasteiger partial charge in [-0.3, -0.25) is 19.1 Å². The van der Waals surface area contributed by atoms with Crippen LogP contribution >= 0.6 is 0 Å². The first-order valence-corrected chi connectivity index (χ1v) is 18.6. The smallest absolute Gasteiger partial charge is 0.413 e. The van der Waals surface area contributed by atoms with Gasteiger partial charge in [0.25, 0.3) is 5.91 Å². The fourth-order valence-electron chi connectivity index (χ4n) is 6.45. The number of aromatic nitrogens is 1. The normalized spacial score (nSPS) is 23.2. The highest BCUT2D eigenvalue weighted by Gasteiger charge is 2.62. The highest BCUT2D eigenvalue weighted by molar-refractivity contribution is 7.91. The summed E-state index contributed by atoms with van der Waals surface area (Å²) < 4.78 is 44.5. The minimum Gasteiger partial charge on any atom is -0.497 e. The quantitative estimate of drug-likeness (QED) is 0.233. The fraction of sp³-hybridized carbons (Fsp3) is 0.432. The lowest BCUT2D eigenvalue weighted by molar-refractivity contribution is -0.142. The molecule has 6 rings (SSSR count). The van der Waals surface area contributed by atoms with E-state index in [0.29, 0.717) is 24.5 Å². The summed E-state index contributed by atoms with van der Waals surface area (Å²) >= 11 is 0. The van der Waals surface area contributed by atoms with E-state index in [4.69, 9.17) is 14.2 Å². The number of benzene rings is 2. The Balaban J connectivity index is 1.26. The van der Waals surface area contributed by atoms with Crippen molar-refractivity contribution in [1.82, 2.24) is 25.2 Å². The summed E-state index contributed by atoms with van der Waals surface area (Å²) in [6, 6.07) is 13.4. The number of pyridine rings is 1. The van der Waals surface area contributed by atoms with E-state index in [2.05, 4.69) is 26.9 Å². The van der Waals surface area contributed by atoms with E-state index in [1.54, 1.807) is 51.2 Å². The monoisotopic (exact) mass is 733 g/mol. The largest absolute Gasteiger partial charge is 0.497 e. The lowest BCUT2D eigenvalue weighted by Gasteiger charge is -2.35. The third kappa shape index (κ3) is 7.69. The fourth-order valence-corrected chi connectivity index (χ4v) is 7.81. The van der Waals surface area contributed by atoms with Crippen LogP contribution in [0, 0.1) is 11.3 Å². The average Bonchev–Trinajstić information content (AvgIpc) is 4.04. The number of ether oxygens (including phenoxy) is 3. The number of methoxy groups -OCH3 is 1. The first-order valence-electron chi connectivity index (χ1n) is 17.1. The molecule has 15 heteroatoms. The van der Waals surface area contributed by atoms with E-state index < -0.39 is 74.1 Å². The lowest BCUT2D eigenvalue weighted by atomic mass is 9.85. The van der Waals surface area contributed by atoms with Gasteiger partial charge >= 0.3 is 6.09 Å². The topological polar surface area (TPSA) is 182 Å². The summed E-state index contributed by atoms with van der Waals surface area (Å²) in [5.74, 6) is -1.53. The van der Waals surface area contributed by atoms with Crippen molar-refractivity contribution < 1.29 is 41.8 Å². The Kier molecular flexibility index (Phi) is 9.92. The van der Waals surface area contributed by atoms with Crippen molar-refractivity contribution in [3.63, 3.8) is 0 Å². The molecule has 2 saturated carbocycles. The molecule has 0 bridgehead atoms. The Morgan fingerprint density at radius 1 is 1.04 bits per heavy atom. The maximum atomic E-state index is 14.5. The predicted molar refractivity (Wildman–Crippen MR) is 191 cm³/mol. The summed E-state index contributed by atoms with van der Waals surface area (Å²) in [7, 11) is -2.39. The van der Waals surface area contributed by atoms with E-state index in [1.807, 2.05) is 30.3 Å². The van der Waals surface area contributed by atoms with Crippen LogP contribution in [0.4, 0.5) is 4.79 Å². The summed E-state index contributed by atoms with van der Waals surface area (Å²) in [5.41, 5.74) is -2.41. The SMILES string of the molecule is C=CC1CC1(NC(=O)C1CC(Oc2nccc3ccccc23)CN1C(=O)C(NC(=O)Oc1ccc(OC)cc1)C(C)(C)C)C(=O)NS(=O)(=O)C1CC1. The molecule has 52 heavy (non-hydrogen) atoms. The maximum Gasteiger partial charge on any atom is 0.413 e. The van der Waals surface area contributed by atoms with Crippen LogP contribution < -0.4 is 29.6 Å². The molecule has 3 fully saturated rings. The number of rotatable bonds is 12. The number of fused-ring (bicyclic) bond motifs is 1. The molecule has 5 atom stereocenters. The summed E-state index contributed by atoms with van der Waals surface area (Å²) in [6.07, 6.45) is 2.57. The van der Waals surface area contributed by atoms with Gasteiger partial charge in [-0.05, 0) is 66.5 Å². The van der Waals surface area contributed by atoms with Crippen LogP contribution in [0.1, 0.15) is 46.5 Å². The Labute approximate surface area is 302 Å². The molecule has 2 heterocycles. The van der Waals surface area contributed by atoms with Gasteiger partial charge in [0.2, 0.25) is 27.7 Å². The molecule has 1 aromatic heterocycles. The number of amides is 4. The van der Waals surface area contributed by atoms with Crippen molar-refractivity contribution >= 4 is 44.6 Å². The molecular formula is C37H43N5O9S. The highest BCUT2D eigenvalue weighted by Crippen LogP contribution is 2.45. The van der Waals surface area contributed by atoms with Gasteiger partial charge in [0.15, 0.2) is 0 Å². The number of carbonyl (C=O) groups excluding carboxylic acids is 4. The molecule has 3 aliphatic rings. The zero-order valence-electron chi connectivity index (χ0n) is 29.5. The van der Waals surface area contributed by atoms with Gasteiger partial charge in [0.05, 0.1) is 18.9 Å². The summed E-state index contributed by atoms with van der Waals surface area (Å²) in [5, 5.41) is 6.44. The molecule has 3 N–H and O–H groups in total. The molecule has 14 nitrogen and oxygen atoms in total. The van der Waals surface area contributed by atoms with Gasteiger partial charge < -0.3 is 29.7 Å². The van der Waals surface area contributed by atoms with Crippen molar-refractivity contribution in [2.45, 2.75) is 75.4 Å². The second-order valence-electron chi connectivity index (χ2n) is 14.5. The van der Waals surface area contributed by atoms with Crippen LogP contribution in [0.3, 0.4) is 0 Å². The van der Waals surface area contributed by atoms with Crippen LogP contribution in [0.5, 0.6) is 17.4 Å². The van der Waals surface area contributed by atoms with Crippen molar-refractivity contribution in [3.05, 3.63) is 73.4 Å². The van der Waals surface area contributed by atoms with Gasteiger partial charge in [-0.1, -0.05) is 45.0 Å². The molecule has 2 aliphatic carbocycles. The van der Waals surface area contributed by atoms with Gasteiger partial charge in [0, 0.05) is 23.9 Å². The maximum absolute atomic E-state index is 14.5. The number of hydrogen-bond acceptors (Lipinski definition) is 10. The predicted octanol–water partition coefficient (Wildman–Crippen LogP) is 3.46. The van der Waals surface area contributed by atoms with Gasteiger partial charge in [-0.15, -0.1) is 6.58 Å². The molecule has 5 unspecified atom stereocenters. The van der Waals surface area contributed by atoms with Gasteiger partial charge in [-0.25, -0.2) is 18.2 Å². The minimum absolute atomic E-state index is 0.0203. The van der Waals surface area contributed by atoms with Gasteiger partial charge in [0.1, 0.15) is 35.2 Å². The Morgan fingerprint density at radius 3 is 2.37 bits per heavy atom. The van der Waals surface area contributed by atoms with E-state index in [-0.39, 0.29) is 25.1 Å². The molecule has 2 aromatic carbocycles. The van der Waals surface area contributed by atoms with Crippen molar-refractivity contribution in [2.24, 2.45) is 11.3 Å². The molecule has 4 amide bonds. The van der Waals surface area contributed by atoms with Crippen LogP contribution in [-0.4, -0.2) is 84.7 Å². The van der Waals surface area contributed by atoms with Crippen molar-refractivity contribution in [1.29, 1.82) is 0 Å². The van der Waals surface area contributed by atoms with E-state index in [1.165, 1.54) is 18.1 Å². The van der Waals surface area contributed by atoms with E-state index in [9.17, 15) is 27.6 Å². The van der Waals surface area contributed by atoms with E-state index >= 15 is 0 Å². The highest BCUT2D eigenvalue weighted by atomic mass is 32.2. The zero-order valence-corrected chi connectivity index (χ0v) is 30.3. The van der Waals surface area contributed by atoms with Crippen LogP contribution in [0.25, 0.3) is 10.8 Å². The number of hydrogen-bond donors (Lipinski definition) is 3. The molecular weight excluding hydrogens is 691 g/mol. The average molecular weight is 734 g/mol. The second-order valence-corrected chi connectivity index (χ2v) is 16.5. The standard InChI is InChI=1S/C37H43N5O9S/c1-6-23-20-37(23,34(45)41-52(47,48)27-15-16-27)40-31(43)29-19-26(50-32-28-10-8-7-9-22(28)17-18-38-32)21-42(29)33(44)30(36(2,3)4)39-35(46)51-25-13-11-24(49-5)12-14-25/h6-14,17-18,23,26-27,29-30H,1,15-16,19-21H2,2-5H3,(H,39,46)(H,40,43)(H,41,45). The molecule has 0 spiro atoms.